The van der Waals surface area contributed by atoms with Gasteiger partial charge in [0, 0.05) is 24.9 Å². The second kappa shape index (κ2) is 4.73. The van der Waals surface area contributed by atoms with Gasteiger partial charge in [0.15, 0.2) is 0 Å². The Bertz CT molecular complexity index is 611. The van der Waals surface area contributed by atoms with E-state index in [0.29, 0.717) is 0 Å². The molecule has 0 saturated heterocycles. The molecule has 0 spiro atoms. The summed E-state index contributed by atoms with van der Waals surface area (Å²) in [5, 5.41) is 0. The fourth-order valence-corrected chi connectivity index (χ4v) is 3.07. The monoisotopic (exact) mass is 250 g/mol. The zero-order valence-corrected chi connectivity index (χ0v) is 11.9. The van der Waals surface area contributed by atoms with E-state index >= 15 is 0 Å². The maximum absolute atomic E-state index is 2.35. The SMILES string of the molecule is CCC[C]1C(c2c(C)ccn2C)=Cc2ccccc21. The maximum Gasteiger partial charge on any atom is 0.0476 e. The van der Waals surface area contributed by atoms with Crippen LogP contribution in [-0.4, -0.2) is 4.57 Å². The summed E-state index contributed by atoms with van der Waals surface area (Å²) in [7, 11) is 2.13. The first-order valence-corrected chi connectivity index (χ1v) is 7.02. The van der Waals surface area contributed by atoms with Crippen LogP contribution in [0.15, 0.2) is 36.5 Å². The van der Waals surface area contributed by atoms with Crippen LogP contribution in [0.2, 0.25) is 0 Å². The highest BCUT2D eigenvalue weighted by Crippen LogP contribution is 2.44. The molecule has 0 saturated carbocycles. The van der Waals surface area contributed by atoms with E-state index in [4.69, 9.17) is 0 Å². The quantitative estimate of drug-likeness (QED) is 0.749. The van der Waals surface area contributed by atoms with Crippen LogP contribution in [0.1, 0.15) is 42.1 Å². The van der Waals surface area contributed by atoms with Crippen molar-refractivity contribution in [3.05, 3.63) is 64.8 Å². The predicted molar refractivity (Wildman–Crippen MR) is 81.7 cm³/mol. The molecule has 0 aliphatic heterocycles. The van der Waals surface area contributed by atoms with E-state index in [-0.39, 0.29) is 0 Å². The molecule has 0 atom stereocenters. The minimum Gasteiger partial charge on any atom is -0.351 e. The van der Waals surface area contributed by atoms with Gasteiger partial charge in [0.25, 0.3) is 0 Å². The van der Waals surface area contributed by atoms with Crippen molar-refractivity contribution in [1.82, 2.24) is 4.57 Å². The van der Waals surface area contributed by atoms with Crippen LogP contribution in [0.4, 0.5) is 0 Å². The van der Waals surface area contributed by atoms with Crippen LogP contribution in [0.5, 0.6) is 0 Å². The summed E-state index contributed by atoms with van der Waals surface area (Å²) in [6.07, 6.45) is 6.83. The Balaban J connectivity index is 2.12. The van der Waals surface area contributed by atoms with Crippen LogP contribution in [-0.2, 0) is 7.05 Å². The molecule has 0 N–H and O–H groups in total. The number of benzene rings is 1. The van der Waals surface area contributed by atoms with Crippen LogP contribution >= 0.6 is 0 Å². The summed E-state index contributed by atoms with van der Waals surface area (Å²) in [5.74, 6) is 1.50. The Morgan fingerprint density at radius 1 is 1.11 bits per heavy atom. The lowest BCUT2D eigenvalue weighted by molar-refractivity contribution is 0.854. The van der Waals surface area contributed by atoms with E-state index in [1.807, 2.05) is 0 Å². The Hall–Kier alpha value is -1.76. The molecule has 1 aromatic heterocycles. The molecule has 1 aromatic carbocycles. The van der Waals surface area contributed by atoms with Crippen molar-refractivity contribution >= 4 is 11.6 Å². The number of hydrogen-bond acceptors (Lipinski definition) is 0. The van der Waals surface area contributed by atoms with Gasteiger partial charge >= 0.3 is 0 Å². The molecular formula is C18H20N. The van der Waals surface area contributed by atoms with Gasteiger partial charge in [0.05, 0.1) is 0 Å². The van der Waals surface area contributed by atoms with Crippen molar-refractivity contribution in [2.24, 2.45) is 7.05 Å². The van der Waals surface area contributed by atoms with Gasteiger partial charge in [-0.3, -0.25) is 0 Å². The second-order valence-electron chi connectivity index (χ2n) is 5.33. The van der Waals surface area contributed by atoms with E-state index in [1.54, 1.807) is 0 Å². The topological polar surface area (TPSA) is 4.93 Å². The highest BCUT2D eigenvalue weighted by molar-refractivity contribution is 5.98. The van der Waals surface area contributed by atoms with Gasteiger partial charge in [-0.1, -0.05) is 37.6 Å². The molecule has 1 aliphatic carbocycles. The maximum atomic E-state index is 2.35. The van der Waals surface area contributed by atoms with E-state index in [0.717, 1.165) is 6.42 Å². The van der Waals surface area contributed by atoms with Gasteiger partial charge in [0.2, 0.25) is 0 Å². The lowest BCUT2D eigenvalue weighted by atomic mass is 9.89. The molecule has 1 heteroatoms. The van der Waals surface area contributed by atoms with Crippen molar-refractivity contribution in [2.45, 2.75) is 26.7 Å². The number of fused-ring (bicyclic) bond motifs is 1. The van der Waals surface area contributed by atoms with E-state index in [9.17, 15) is 0 Å². The molecule has 1 heterocycles. The number of allylic oxidation sites excluding steroid dienone is 1. The Kier molecular flexibility index (Phi) is 3.06. The first-order valence-electron chi connectivity index (χ1n) is 7.02. The molecule has 0 amide bonds. The molecular weight excluding hydrogens is 230 g/mol. The summed E-state index contributed by atoms with van der Waals surface area (Å²) < 4.78 is 2.24. The predicted octanol–water partition coefficient (Wildman–Crippen LogP) is 4.61. The van der Waals surface area contributed by atoms with Crippen LogP contribution in [0.3, 0.4) is 0 Å². The van der Waals surface area contributed by atoms with Crippen molar-refractivity contribution in [3.63, 3.8) is 0 Å². The molecule has 1 radical (unpaired) electrons. The minimum absolute atomic E-state index is 1.15. The Labute approximate surface area is 115 Å². The van der Waals surface area contributed by atoms with Crippen molar-refractivity contribution < 1.29 is 0 Å². The van der Waals surface area contributed by atoms with Gasteiger partial charge in [-0.05, 0) is 47.8 Å². The van der Waals surface area contributed by atoms with E-state index < -0.39 is 0 Å². The zero-order chi connectivity index (χ0) is 13.4. The Morgan fingerprint density at radius 3 is 2.58 bits per heavy atom. The van der Waals surface area contributed by atoms with E-state index in [1.165, 1.54) is 40.3 Å². The van der Waals surface area contributed by atoms with Crippen LogP contribution < -0.4 is 0 Å². The lowest BCUT2D eigenvalue weighted by Crippen LogP contribution is -2.04. The average molecular weight is 250 g/mol. The molecule has 1 nitrogen and oxygen atoms in total. The number of aryl methyl sites for hydroxylation is 2. The second-order valence-corrected chi connectivity index (χ2v) is 5.33. The third-order valence-electron chi connectivity index (χ3n) is 3.94. The molecule has 0 bridgehead atoms. The summed E-state index contributed by atoms with van der Waals surface area (Å²) in [6.45, 7) is 4.45. The summed E-state index contributed by atoms with van der Waals surface area (Å²) in [6, 6.07) is 10.9. The molecule has 2 aromatic rings. The fourth-order valence-electron chi connectivity index (χ4n) is 3.07. The Morgan fingerprint density at radius 2 is 1.89 bits per heavy atom. The third kappa shape index (κ3) is 1.94. The summed E-state index contributed by atoms with van der Waals surface area (Å²) >= 11 is 0. The normalized spacial score (nSPS) is 14.6. The zero-order valence-electron chi connectivity index (χ0n) is 11.9. The third-order valence-corrected chi connectivity index (χ3v) is 3.94. The highest BCUT2D eigenvalue weighted by Gasteiger charge is 2.27. The highest BCUT2D eigenvalue weighted by atomic mass is 14.9. The van der Waals surface area contributed by atoms with Gasteiger partial charge in [-0.15, -0.1) is 0 Å². The fraction of sp³-hybridized carbons (Fsp3) is 0.278. The van der Waals surface area contributed by atoms with Gasteiger partial charge in [-0.2, -0.15) is 0 Å². The van der Waals surface area contributed by atoms with Crippen molar-refractivity contribution in [2.75, 3.05) is 0 Å². The first kappa shape index (κ1) is 12.3. The van der Waals surface area contributed by atoms with Gasteiger partial charge in [-0.25, -0.2) is 0 Å². The number of hydrogen-bond donors (Lipinski definition) is 0. The van der Waals surface area contributed by atoms with Crippen LogP contribution in [0.25, 0.3) is 11.6 Å². The largest absolute Gasteiger partial charge is 0.351 e. The van der Waals surface area contributed by atoms with Crippen LogP contribution in [0, 0.1) is 12.8 Å². The van der Waals surface area contributed by atoms with Crippen molar-refractivity contribution in [1.29, 1.82) is 0 Å². The smallest absolute Gasteiger partial charge is 0.0476 e. The minimum atomic E-state index is 1.15. The molecule has 0 unspecified atom stereocenters. The molecule has 97 valence electrons. The first-order chi connectivity index (χ1) is 9.22. The van der Waals surface area contributed by atoms with Gasteiger partial charge < -0.3 is 4.57 Å². The molecule has 3 rings (SSSR count). The average Bonchev–Trinajstić information content (AvgIpc) is 2.92. The summed E-state index contributed by atoms with van der Waals surface area (Å²) in [5.41, 5.74) is 6.91. The number of nitrogens with zero attached hydrogens (tertiary/aromatic N) is 1. The number of aromatic nitrogens is 1. The molecule has 19 heavy (non-hydrogen) atoms. The standard InChI is InChI=1S/C18H20N/c1-4-7-16-15-9-6-5-8-14(15)12-17(16)18-13(2)10-11-19(18)3/h5-6,8-12H,4,7H2,1-3H3. The summed E-state index contributed by atoms with van der Waals surface area (Å²) in [4.78, 5) is 0. The lowest BCUT2D eigenvalue weighted by Gasteiger charge is -2.17. The van der Waals surface area contributed by atoms with E-state index in [2.05, 4.69) is 68.1 Å². The van der Waals surface area contributed by atoms with Gasteiger partial charge in [0.1, 0.15) is 0 Å². The number of rotatable bonds is 3. The molecule has 0 fully saturated rings. The molecule has 1 aliphatic rings. The van der Waals surface area contributed by atoms with Crippen molar-refractivity contribution in [3.8, 4) is 0 Å².